The molecule has 0 amide bonds. The van der Waals surface area contributed by atoms with Crippen molar-refractivity contribution in [3.05, 3.63) is 91.0 Å². The van der Waals surface area contributed by atoms with Crippen molar-refractivity contribution in [2.45, 2.75) is 127 Å². The summed E-state index contributed by atoms with van der Waals surface area (Å²) < 4.78 is 14.5. The Bertz CT molecular complexity index is 1230. The van der Waals surface area contributed by atoms with E-state index in [0.717, 1.165) is 19.3 Å². The highest BCUT2D eigenvalue weighted by Crippen LogP contribution is 2.40. The maximum Gasteiger partial charge on any atom is 0.187 e. The molecule has 0 saturated carbocycles. The van der Waals surface area contributed by atoms with Gasteiger partial charge >= 0.3 is 0 Å². The third kappa shape index (κ3) is 10.3. The Kier molecular flexibility index (Phi) is 13.5. The van der Waals surface area contributed by atoms with Crippen molar-refractivity contribution in [1.29, 1.82) is 0 Å². The average Bonchev–Trinajstić information content (AvgIpc) is 3.02. The van der Waals surface area contributed by atoms with Crippen LogP contribution in [0.1, 0.15) is 59.3 Å². The summed E-state index contributed by atoms with van der Waals surface area (Å²) in [6.07, 6.45) is 8.62. The molecule has 1 fully saturated rings. The van der Waals surface area contributed by atoms with Crippen LogP contribution in [-0.2, 0) is 8.85 Å². The molecule has 45 heavy (non-hydrogen) atoms. The van der Waals surface area contributed by atoms with E-state index in [9.17, 15) is 0 Å². The van der Waals surface area contributed by atoms with Gasteiger partial charge in [-0.2, -0.15) is 0 Å². The maximum atomic E-state index is 7.31. The summed E-state index contributed by atoms with van der Waals surface area (Å²) in [4.78, 5) is 0. The maximum absolute atomic E-state index is 7.31. The van der Waals surface area contributed by atoms with Crippen molar-refractivity contribution in [1.82, 2.24) is 0 Å². The first-order valence-corrected chi connectivity index (χ1v) is 28.2. The molecule has 1 aliphatic rings. The van der Waals surface area contributed by atoms with Gasteiger partial charge < -0.3 is 8.85 Å². The summed E-state index contributed by atoms with van der Waals surface area (Å²) in [6.45, 7) is 16.9. The van der Waals surface area contributed by atoms with Crippen LogP contribution in [0.15, 0.2) is 91.0 Å². The molecule has 3 aromatic carbocycles. The Balaban J connectivity index is 1.64. The smallest absolute Gasteiger partial charge is 0.187 e. The van der Waals surface area contributed by atoms with Crippen molar-refractivity contribution in [3.63, 3.8) is 0 Å². The van der Waals surface area contributed by atoms with E-state index in [1.54, 1.807) is 5.19 Å². The van der Waals surface area contributed by atoms with Crippen LogP contribution in [0.4, 0.5) is 0 Å². The first-order chi connectivity index (χ1) is 21.5. The van der Waals surface area contributed by atoms with E-state index in [1.165, 1.54) is 66.3 Å². The fraction of sp³-hybridized carbons (Fsp3) is 0.538. The molecular weight excluding hydrogens is 616 g/mol. The highest BCUT2D eigenvalue weighted by Gasteiger charge is 2.44. The van der Waals surface area contributed by atoms with E-state index in [4.69, 9.17) is 8.85 Å². The van der Waals surface area contributed by atoms with Crippen LogP contribution in [0.3, 0.4) is 0 Å². The van der Waals surface area contributed by atoms with Gasteiger partial charge in [0.15, 0.2) is 16.6 Å². The van der Waals surface area contributed by atoms with Gasteiger partial charge in [0.05, 0.1) is 19.8 Å². The second kappa shape index (κ2) is 16.7. The largest absolute Gasteiger partial charge is 0.412 e. The zero-order valence-electron chi connectivity index (χ0n) is 29.5. The van der Waals surface area contributed by atoms with Crippen molar-refractivity contribution in [2.75, 3.05) is 6.16 Å². The first-order valence-electron chi connectivity index (χ1n) is 17.8. The lowest BCUT2D eigenvalue weighted by Gasteiger charge is -2.45. The van der Waals surface area contributed by atoms with Crippen molar-refractivity contribution in [2.24, 2.45) is 0 Å². The Hall–Kier alpha value is -1.34. The SMILES string of the molecule is CCCC1(C)O[Si](C)(C)CCC[Si](CCCP(c2ccccc2)c2ccccc2)(c2ccccc2)CCC[Si](C)(C)OC1CC. The number of hydrogen-bond donors (Lipinski definition) is 0. The fourth-order valence-corrected chi connectivity index (χ4v) is 21.4. The van der Waals surface area contributed by atoms with Gasteiger partial charge in [-0.05, 0) is 82.7 Å². The van der Waals surface area contributed by atoms with Crippen molar-refractivity contribution < 1.29 is 8.85 Å². The molecule has 0 aliphatic carbocycles. The molecule has 2 nitrogen and oxygen atoms in total. The monoisotopic (exact) mass is 676 g/mol. The van der Waals surface area contributed by atoms with E-state index >= 15 is 0 Å². The predicted molar refractivity (Wildman–Crippen MR) is 208 cm³/mol. The average molecular weight is 677 g/mol. The molecular formula is C39H61O2PSi3. The molecule has 0 radical (unpaired) electrons. The second-order valence-corrected chi connectivity index (χ2v) is 30.4. The van der Waals surface area contributed by atoms with E-state index in [1.807, 2.05) is 0 Å². The lowest BCUT2D eigenvalue weighted by atomic mass is 9.92. The van der Waals surface area contributed by atoms with Gasteiger partial charge in [-0.15, -0.1) is 0 Å². The van der Waals surface area contributed by atoms with Gasteiger partial charge in [-0.3, -0.25) is 0 Å². The van der Waals surface area contributed by atoms with Crippen LogP contribution in [-0.4, -0.2) is 42.6 Å². The molecule has 3 unspecified atom stereocenters. The molecule has 0 N–H and O–H groups in total. The van der Waals surface area contributed by atoms with Crippen LogP contribution in [0.5, 0.6) is 0 Å². The van der Waals surface area contributed by atoms with E-state index in [-0.39, 0.29) is 19.6 Å². The second-order valence-electron chi connectivity index (χ2n) is 15.0. The minimum Gasteiger partial charge on any atom is -0.412 e. The standard InChI is InChI=1S/C39H61O2PSi3/c1-8-28-39(3)38(9-2)40-43(4,5)30-20-33-45(37-26-17-12-18-27-37,34-21-31-44(6,7)41-39)32-19-29-42(35-22-13-10-14-23-35)36-24-15-11-16-25-36/h10-18,22-27,38H,8-9,19-21,28-34H2,1-7H3. The van der Waals surface area contributed by atoms with Crippen molar-refractivity contribution in [3.8, 4) is 0 Å². The number of hydrogen-bond acceptors (Lipinski definition) is 2. The lowest BCUT2D eigenvalue weighted by Crippen LogP contribution is -2.53. The molecule has 3 aromatic rings. The van der Waals surface area contributed by atoms with Crippen LogP contribution in [0.25, 0.3) is 0 Å². The van der Waals surface area contributed by atoms with Gasteiger partial charge in [-0.1, -0.05) is 154 Å². The summed E-state index contributed by atoms with van der Waals surface area (Å²) in [5, 5.41) is 4.71. The summed E-state index contributed by atoms with van der Waals surface area (Å²) in [6, 6.07) is 41.1. The molecule has 0 aromatic heterocycles. The summed E-state index contributed by atoms with van der Waals surface area (Å²) in [5.41, 5.74) is -0.183. The van der Waals surface area contributed by atoms with Crippen LogP contribution >= 0.6 is 7.92 Å². The fourth-order valence-electron chi connectivity index (χ4n) is 8.04. The molecule has 1 saturated heterocycles. The molecule has 246 valence electrons. The van der Waals surface area contributed by atoms with Gasteiger partial charge in [0.2, 0.25) is 0 Å². The molecule has 3 atom stereocenters. The quantitative estimate of drug-likeness (QED) is 0.157. The molecule has 1 heterocycles. The van der Waals surface area contributed by atoms with Crippen molar-refractivity contribution >= 4 is 48.4 Å². The molecule has 6 heteroatoms. The van der Waals surface area contributed by atoms with E-state index in [0.29, 0.717) is 0 Å². The van der Waals surface area contributed by atoms with Crippen LogP contribution in [0, 0.1) is 0 Å². The zero-order valence-corrected chi connectivity index (χ0v) is 33.4. The van der Waals surface area contributed by atoms with Gasteiger partial charge in [-0.25, -0.2) is 0 Å². The number of benzene rings is 3. The van der Waals surface area contributed by atoms with E-state index < -0.39 is 24.7 Å². The molecule has 1 aliphatic heterocycles. The third-order valence-corrected chi connectivity index (χ3v) is 23.3. The van der Waals surface area contributed by atoms with Crippen LogP contribution in [0.2, 0.25) is 56.4 Å². The predicted octanol–water partition coefficient (Wildman–Crippen LogP) is 10.4. The zero-order chi connectivity index (χ0) is 32.4. The minimum atomic E-state index is -1.90. The number of rotatable bonds is 10. The van der Waals surface area contributed by atoms with Gasteiger partial charge in [0.1, 0.15) is 0 Å². The van der Waals surface area contributed by atoms with Crippen LogP contribution < -0.4 is 15.8 Å². The Morgan fingerprint density at radius 1 is 0.711 bits per heavy atom. The normalized spacial score (nSPS) is 26.0. The van der Waals surface area contributed by atoms with Gasteiger partial charge in [0.25, 0.3) is 0 Å². The molecule has 0 bridgehead atoms. The third-order valence-electron chi connectivity index (χ3n) is 10.2. The summed E-state index contributed by atoms with van der Waals surface area (Å²) in [5.74, 6) is 0. The molecule has 4 rings (SSSR count). The lowest BCUT2D eigenvalue weighted by molar-refractivity contribution is -0.0465. The Morgan fingerprint density at radius 2 is 1.22 bits per heavy atom. The van der Waals surface area contributed by atoms with E-state index in [2.05, 4.69) is 138 Å². The topological polar surface area (TPSA) is 18.5 Å². The minimum absolute atomic E-state index is 0.183. The first kappa shape index (κ1) is 36.5. The Morgan fingerprint density at radius 3 is 1.73 bits per heavy atom. The highest BCUT2D eigenvalue weighted by atomic mass is 31.1. The van der Waals surface area contributed by atoms with Gasteiger partial charge in [0, 0.05) is 0 Å². The molecule has 0 spiro atoms. The summed E-state index contributed by atoms with van der Waals surface area (Å²) in [7, 11) is -5.91. The highest BCUT2D eigenvalue weighted by molar-refractivity contribution is 7.73. The summed E-state index contributed by atoms with van der Waals surface area (Å²) >= 11 is 0. The Labute approximate surface area is 280 Å².